The standard InChI is InChI=1S/C21H25N5O6/c1-20(2)30-16-15(13-7-8-14-18(23)24-11-25-26(13)14)31-21(9-22,17(16)32-20)10-28-19(27)29-12-5-3-4-6-12/h7-8,11-12,15-17H,3-6,10H2,1-2H3,(H2,23,24,25)/t15-,16-,17-,21+/m0/s1. The number of carbonyl (C=O) groups is 1. The Balaban J connectivity index is 1.42. The van der Waals surface area contributed by atoms with Gasteiger partial charge in [0.05, 0.1) is 5.69 Å². The highest BCUT2D eigenvalue weighted by molar-refractivity contribution is 5.65. The zero-order valence-corrected chi connectivity index (χ0v) is 17.9. The van der Waals surface area contributed by atoms with E-state index < -0.39 is 35.9 Å². The van der Waals surface area contributed by atoms with Gasteiger partial charge in [0.2, 0.25) is 5.60 Å². The van der Waals surface area contributed by atoms with Gasteiger partial charge in [-0.25, -0.2) is 14.3 Å². The molecule has 2 N–H and O–H groups in total. The molecule has 32 heavy (non-hydrogen) atoms. The van der Waals surface area contributed by atoms with E-state index in [2.05, 4.69) is 16.2 Å². The van der Waals surface area contributed by atoms with Gasteiger partial charge >= 0.3 is 6.16 Å². The molecule has 4 heterocycles. The van der Waals surface area contributed by atoms with E-state index in [0.29, 0.717) is 17.0 Å². The molecule has 2 saturated heterocycles. The van der Waals surface area contributed by atoms with E-state index in [0.717, 1.165) is 25.7 Å². The fraction of sp³-hybridized carbons (Fsp3) is 0.619. The highest BCUT2D eigenvalue weighted by Crippen LogP contribution is 2.50. The van der Waals surface area contributed by atoms with Crippen molar-refractivity contribution in [3.63, 3.8) is 0 Å². The first-order chi connectivity index (χ1) is 15.3. The van der Waals surface area contributed by atoms with E-state index >= 15 is 0 Å². The Labute approximate surface area is 184 Å². The summed E-state index contributed by atoms with van der Waals surface area (Å²) in [7, 11) is 0. The second kappa shape index (κ2) is 7.58. The summed E-state index contributed by atoms with van der Waals surface area (Å²) < 4.78 is 30.6. The van der Waals surface area contributed by atoms with Gasteiger partial charge in [-0.05, 0) is 51.7 Å². The van der Waals surface area contributed by atoms with Crippen LogP contribution in [0.15, 0.2) is 18.5 Å². The molecule has 5 rings (SSSR count). The highest BCUT2D eigenvalue weighted by Gasteiger charge is 2.65. The summed E-state index contributed by atoms with van der Waals surface area (Å²) in [5.74, 6) is -0.639. The number of ether oxygens (including phenoxy) is 5. The van der Waals surface area contributed by atoms with Crippen molar-refractivity contribution in [2.24, 2.45) is 0 Å². The molecule has 1 saturated carbocycles. The third-order valence-electron chi connectivity index (χ3n) is 6.19. The SMILES string of the molecule is CC1(C)O[C@H]2[C@H](c3ccc4c(N)ncnn34)O[C@](C#N)(COC(=O)OC3CCCC3)[C@H]2O1. The normalized spacial score (nSPS) is 31.5. The van der Waals surface area contributed by atoms with Crippen LogP contribution in [0.1, 0.15) is 51.3 Å². The first-order valence-electron chi connectivity index (χ1n) is 10.7. The van der Waals surface area contributed by atoms with Crippen molar-refractivity contribution in [2.75, 3.05) is 12.3 Å². The third kappa shape index (κ3) is 3.44. The van der Waals surface area contributed by atoms with Crippen molar-refractivity contribution in [1.82, 2.24) is 14.6 Å². The molecule has 11 nitrogen and oxygen atoms in total. The number of rotatable bonds is 4. The lowest BCUT2D eigenvalue weighted by molar-refractivity contribution is -0.205. The molecule has 0 bridgehead atoms. The minimum atomic E-state index is -1.58. The third-order valence-corrected chi connectivity index (χ3v) is 6.19. The van der Waals surface area contributed by atoms with E-state index in [1.807, 2.05) is 0 Å². The number of hydrogen-bond acceptors (Lipinski definition) is 10. The monoisotopic (exact) mass is 443 g/mol. The second-order valence-corrected chi connectivity index (χ2v) is 8.82. The minimum Gasteiger partial charge on any atom is -0.431 e. The van der Waals surface area contributed by atoms with Gasteiger partial charge in [-0.3, -0.25) is 0 Å². The highest BCUT2D eigenvalue weighted by atomic mass is 16.8. The largest absolute Gasteiger partial charge is 0.508 e. The Morgan fingerprint density at radius 1 is 1.31 bits per heavy atom. The number of nitrogens with zero attached hydrogens (tertiary/aromatic N) is 4. The van der Waals surface area contributed by atoms with Gasteiger partial charge in [-0.2, -0.15) is 10.4 Å². The lowest BCUT2D eigenvalue weighted by atomic mass is 9.96. The number of hydrogen-bond donors (Lipinski definition) is 1. The zero-order valence-electron chi connectivity index (χ0n) is 17.9. The Bertz CT molecular complexity index is 1070. The van der Waals surface area contributed by atoms with Crippen LogP contribution in [0.25, 0.3) is 5.52 Å². The number of aromatic nitrogens is 3. The molecule has 0 spiro atoms. The Morgan fingerprint density at radius 3 is 2.84 bits per heavy atom. The van der Waals surface area contributed by atoms with Crippen molar-refractivity contribution >= 4 is 17.5 Å². The number of nitriles is 1. The van der Waals surface area contributed by atoms with Gasteiger partial charge in [0.1, 0.15) is 48.9 Å². The summed E-state index contributed by atoms with van der Waals surface area (Å²) in [6, 6.07) is 5.72. The van der Waals surface area contributed by atoms with E-state index in [1.165, 1.54) is 6.33 Å². The second-order valence-electron chi connectivity index (χ2n) is 8.82. The van der Waals surface area contributed by atoms with Crippen LogP contribution in [-0.2, 0) is 23.7 Å². The molecule has 0 radical (unpaired) electrons. The van der Waals surface area contributed by atoms with Crippen molar-refractivity contribution in [2.45, 2.75) is 75.3 Å². The lowest BCUT2D eigenvalue weighted by Gasteiger charge is -2.28. The van der Waals surface area contributed by atoms with Gasteiger partial charge in [0, 0.05) is 0 Å². The summed E-state index contributed by atoms with van der Waals surface area (Å²) in [4.78, 5) is 16.2. The Hall–Kier alpha value is -2.94. The number of anilines is 1. The maximum Gasteiger partial charge on any atom is 0.508 e. The van der Waals surface area contributed by atoms with Gasteiger partial charge in [-0.1, -0.05) is 0 Å². The summed E-state index contributed by atoms with van der Waals surface area (Å²) in [5.41, 5.74) is 5.60. The van der Waals surface area contributed by atoms with Crippen LogP contribution in [0.4, 0.5) is 10.6 Å². The maximum atomic E-state index is 12.2. The number of nitrogens with two attached hydrogens (primary N) is 1. The number of fused-ring (bicyclic) bond motifs is 2. The van der Waals surface area contributed by atoms with E-state index in [4.69, 9.17) is 29.4 Å². The van der Waals surface area contributed by atoms with Crippen LogP contribution in [0, 0.1) is 11.3 Å². The summed E-state index contributed by atoms with van der Waals surface area (Å²) in [6.07, 6.45) is 1.92. The fourth-order valence-electron chi connectivity index (χ4n) is 4.73. The molecule has 2 aromatic heterocycles. The summed E-state index contributed by atoms with van der Waals surface area (Å²) in [5, 5.41) is 14.4. The molecule has 4 atom stereocenters. The van der Waals surface area contributed by atoms with Gasteiger partial charge < -0.3 is 29.4 Å². The Morgan fingerprint density at radius 2 is 2.09 bits per heavy atom. The van der Waals surface area contributed by atoms with Gasteiger partial charge in [-0.15, -0.1) is 0 Å². The maximum absolute atomic E-state index is 12.2. The summed E-state index contributed by atoms with van der Waals surface area (Å²) in [6.45, 7) is 3.17. The molecule has 2 aromatic rings. The molecular weight excluding hydrogens is 418 g/mol. The van der Waals surface area contributed by atoms with Crippen molar-refractivity contribution in [3.05, 3.63) is 24.2 Å². The molecule has 11 heteroatoms. The minimum absolute atomic E-state index is 0.146. The molecule has 3 fully saturated rings. The van der Waals surface area contributed by atoms with Crippen molar-refractivity contribution < 1.29 is 28.5 Å². The molecule has 0 unspecified atom stereocenters. The van der Waals surface area contributed by atoms with Crippen LogP contribution in [0.2, 0.25) is 0 Å². The molecule has 170 valence electrons. The number of carbonyl (C=O) groups excluding carboxylic acids is 1. The lowest BCUT2D eigenvalue weighted by Crippen LogP contribution is -2.46. The first kappa shape index (κ1) is 20.9. The van der Waals surface area contributed by atoms with Crippen LogP contribution in [0.5, 0.6) is 0 Å². The molecule has 0 aromatic carbocycles. The smallest absolute Gasteiger partial charge is 0.431 e. The quantitative estimate of drug-likeness (QED) is 0.699. The number of nitrogen functional groups attached to an aromatic ring is 1. The van der Waals surface area contributed by atoms with Crippen LogP contribution >= 0.6 is 0 Å². The topological polar surface area (TPSA) is 143 Å². The molecule has 2 aliphatic heterocycles. The molecular formula is C21H25N5O6. The van der Waals surface area contributed by atoms with E-state index in [-0.39, 0.29) is 12.7 Å². The van der Waals surface area contributed by atoms with E-state index in [9.17, 15) is 10.1 Å². The average Bonchev–Trinajstić information content (AvgIpc) is 3.51. The van der Waals surface area contributed by atoms with Crippen LogP contribution in [0.3, 0.4) is 0 Å². The molecule has 3 aliphatic rings. The molecule has 0 amide bonds. The first-order valence-corrected chi connectivity index (χ1v) is 10.7. The summed E-state index contributed by atoms with van der Waals surface area (Å²) >= 11 is 0. The fourth-order valence-corrected chi connectivity index (χ4v) is 4.73. The average molecular weight is 443 g/mol. The predicted octanol–water partition coefficient (Wildman–Crippen LogP) is 2.26. The van der Waals surface area contributed by atoms with Crippen molar-refractivity contribution in [3.8, 4) is 6.07 Å². The predicted molar refractivity (Wildman–Crippen MR) is 108 cm³/mol. The Kier molecular flexibility index (Phi) is 4.96. The van der Waals surface area contributed by atoms with Gasteiger partial charge in [0.25, 0.3) is 0 Å². The van der Waals surface area contributed by atoms with E-state index in [1.54, 1.807) is 30.5 Å². The zero-order chi connectivity index (χ0) is 22.5. The van der Waals surface area contributed by atoms with Crippen LogP contribution in [-0.4, -0.2) is 57.1 Å². The van der Waals surface area contributed by atoms with Crippen LogP contribution < -0.4 is 5.73 Å². The molecule has 1 aliphatic carbocycles. The van der Waals surface area contributed by atoms with Crippen molar-refractivity contribution in [1.29, 1.82) is 5.26 Å². The van der Waals surface area contributed by atoms with Gasteiger partial charge in [0.15, 0.2) is 11.6 Å².